The van der Waals surface area contributed by atoms with Crippen LogP contribution in [0.2, 0.25) is 0 Å². The van der Waals surface area contributed by atoms with Crippen LogP contribution < -0.4 is 0 Å². The number of aromatic nitrogens is 2. The summed E-state index contributed by atoms with van der Waals surface area (Å²) in [6.07, 6.45) is 0. The van der Waals surface area contributed by atoms with Gasteiger partial charge in [0.15, 0.2) is 0 Å². The molecule has 2 nitrogen and oxygen atoms in total. The number of hydrogen-bond acceptors (Lipinski definition) is 1. The van der Waals surface area contributed by atoms with Gasteiger partial charge in [-0.2, -0.15) is 0 Å². The van der Waals surface area contributed by atoms with Gasteiger partial charge in [0.05, 0.1) is 11.0 Å². The highest BCUT2D eigenvalue weighted by molar-refractivity contribution is 5.78. The molecular weight excluding hydrogens is 256 g/mol. The van der Waals surface area contributed by atoms with Crippen LogP contribution in [0.25, 0.3) is 11.0 Å². The van der Waals surface area contributed by atoms with Crippen molar-refractivity contribution in [2.24, 2.45) is 0 Å². The van der Waals surface area contributed by atoms with Crippen molar-refractivity contribution in [1.82, 2.24) is 9.55 Å². The fourth-order valence-electron chi connectivity index (χ4n) is 2.72. The SMILES string of the molecule is CC(C)(C)c1ccc2nc(C(C)(C)C)n(C(C)(C)C)c2c1. The Morgan fingerprint density at radius 3 is 1.81 bits per heavy atom. The van der Waals surface area contributed by atoms with E-state index in [1.807, 2.05) is 0 Å². The van der Waals surface area contributed by atoms with Crippen molar-refractivity contribution in [3.8, 4) is 0 Å². The summed E-state index contributed by atoms with van der Waals surface area (Å²) in [5.41, 5.74) is 3.93. The third-order valence-corrected chi connectivity index (χ3v) is 3.86. The zero-order chi connectivity index (χ0) is 16.2. The van der Waals surface area contributed by atoms with E-state index in [4.69, 9.17) is 4.98 Å². The summed E-state index contributed by atoms with van der Waals surface area (Å²) in [5, 5.41) is 0. The van der Waals surface area contributed by atoms with Crippen LogP contribution in [0, 0.1) is 0 Å². The van der Waals surface area contributed by atoms with E-state index < -0.39 is 0 Å². The van der Waals surface area contributed by atoms with E-state index in [1.54, 1.807) is 0 Å². The predicted octanol–water partition coefficient (Wildman–Crippen LogP) is 5.39. The number of hydrogen-bond donors (Lipinski definition) is 0. The minimum absolute atomic E-state index is 0.0217. The van der Waals surface area contributed by atoms with Crippen molar-refractivity contribution in [1.29, 1.82) is 0 Å². The van der Waals surface area contributed by atoms with E-state index in [2.05, 4.69) is 85.1 Å². The molecule has 21 heavy (non-hydrogen) atoms. The van der Waals surface area contributed by atoms with E-state index in [0.29, 0.717) is 0 Å². The zero-order valence-electron chi connectivity index (χ0n) is 15.1. The minimum atomic E-state index is 0.0217. The summed E-state index contributed by atoms with van der Waals surface area (Å²) in [6, 6.07) is 6.71. The molecule has 0 saturated heterocycles. The molecule has 0 aliphatic rings. The predicted molar refractivity (Wildman–Crippen MR) is 92.1 cm³/mol. The maximum atomic E-state index is 4.94. The molecule has 2 aromatic rings. The first-order valence-electron chi connectivity index (χ1n) is 7.86. The summed E-state index contributed by atoms with van der Waals surface area (Å²) < 4.78 is 2.41. The summed E-state index contributed by atoms with van der Waals surface area (Å²) in [5.74, 6) is 1.16. The molecule has 0 fully saturated rings. The maximum Gasteiger partial charge on any atom is 0.115 e. The van der Waals surface area contributed by atoms with Gasteiger partial charge < -0.3 is 4.57 Å². The highest BCUT2D eigenvalue weighted by Gasteiger charge is 2.29. The Labute approximate surface area is 129 Å². The van der Waals surface area contributed by atoms with Gasteiger partial charge in [0, 0.05) is 11.0 Å². The molecule has 0 unspecified atom stereocenters. The lowest BCUT2D eigenvalue weighted by Gasteiger charge is -2.30. The van der Waals surface area contributed by atoms with E-state index in [9.17, 15) is 0 Å². The Balaban J connectivity index is 2.85. The third-order valence-electron chi connectivity index (χ3n) is 3.86. The fraction of sp³-hybridized carbons (Fsp3) is 0.632. The van der Waals surface area contributed by atoms with Gasteiger partial charge in [0.25, 0.3) is 0 Å². The van der Waals surface area contributed by atoms with Crippen molar-refractivity contribution in [3.63, 3.8) is 0 Å². The second-order valence-electron chi connectivity index (χ2n) is 9.15. The average molecular weight is 286 g/mol. The van der Waals surface area contributed by atoms with Crippen molar-refractivity contribution >= 4 is 11.0 Å². The minimum Gasteiger partial charge on any atom is -0.322 e. The van der Waals surface area contributed by atoms with Gasteiger partial charge in [0.2, 0.25) is 0 Å². The molecule has 0 bridgehead atoms. The second-order valence-corrected chi connectivity index (χ2v) is 9.15. The molecular formula is C19H30N2. The summed E-state index contributed by atoms with van der Waals surface area (Å²) >= 11 is 0. The van der Waals surface area contributed by atoms with Gasteiger partial charge in [-0.25, -0.2) is 4.98 Å². The number of fused-ring (bicyclic) bond motifs is 1. The molecule has 1 heterocycles. The average Bonchev–Trinajstić information content (AvgIpc) is 2.64. The van der Waals surface area contributed by atoms with Crippen molar-refractivity contribution in [2.45, 2.75) is 78.7 Å². The van der Waals surface area contributed by atoms with Gasteiger partial charge >= 0.3 is 0 Å². The number of imidazole rings is 1. The quantitative estimate of drug-likeness (QED) is 0.635. The molecule has 1 aromatic carbocycles. The van der Waals surface area contributed by atoms with Crippen LogP contribution in [0.4, 0.5) is 0 Å². The zero-order valence-corrected chi connectivity index (χ0v) is 15.1. The molecule has 0 aliphatic heterocycles. The van der Waals surface area contributed by atoms with Gasteiger partial charge in [-0.15, -0.1) is 0 Å². The number of benzene rings is 1. The summed E-state index contributed by atoms with van der Waals surface area (Å²) in [6.45, 7) is 20.3. The van der Waals surface area contributed by atoms with Crippen LogP contribution in [-0.4, -0.2) is 9.55 Å². The summed E-state index contributed by atoms with van der Waals surface area (Å²) in [4.78, 5) is 4.94. The molecule has 0 atom stereocenters. The van der Waals surface area contributed by atoms with Crippen LogP contribution in [-0.2, 0) is 16.4 Å². The molecule has 1 aromatic heterocycles. The Hall–Kier alpha value is -1.31. The topological polar surface area (TPSA) is 17.8 Å². The first kappa shape index (κ1) is 16.1. The van der Waals surface area contributed by atoms with Crippen LogP contribution in [0.15, 0.2) is 18.2 Å². The molecule has 2 rings (SSSR count). The molecule has 0 radical (unpaired) electrons. The number of nitrogens with zero attached hydrogens (tertiary/aromatic N) is 2. The van der Waals surface area contributed by atoms with Crippen LogP contribution in [0.5, 0.6) is 0 Å². The Kier molecular flexibility index (Phi) is 3.51. The Morgan fingerprint density at radius 1 is 0.810 bits per heavy atom. The van der Waals surface area contributed by atoms with E-state index >= 15 is 0 Å². The molecule has 0 N–H and O–H groups in total. The lowest BCUT2D eigenvalue weighted by Crippen LogP contribution is -2.29. The van der Waals surface area contributed by atoms with Crippen LogP contribution in [0.3, 0.4) is 0 Å². The highest BCUT2D eigenvalue weighted by Crippen LogP contribution is 2.34. The van der Waals surface area contributed by atoms with E-state index in [0.717, 1.165) is 11.3 Å². The second kappa shape index (κ2) is 4.59. The molecule has 0 saturated carbocycles. The van der Waals surface area contributed by atoms with Gasteiger partial charge in [-0.3, -0.25) is 0 Å². The smallest absolute Gasteiger partial charge is 0.115 e. The molecule has 0 aliphatic carbocycles. The molecule has 2 heteroatoms. The fourth-order valence-corrected chi connectivity index (χ4v) is 2.72. The largest absolute Gasteiger partial charge is 0.322 e. The maximum absolute atomic E-state index is 4.94. The lowest BCUT2D eigenvalue weighted by molar-refractivity contribution is 0.364. The highest BCUT2D eigenvalue weighted by atomic mass is 15.1. The Bertz CT molecular complexity index is 656. The standard InChI is InChI=1S/C19H30N2/c1-17(2,3)13-10-11-14-15(12-13)21(19(7,8)9)16(20-14)18(4,5)6/h10-12H,1-9H3. The van der Waals surface area contributed by atoms with Gasteiger partial charge in [-0.05, 0) is 43.9 Å². The first-order valence-corrected chi connectivity index (χ1v) is 7.86. The lowest BCUT2D eigenvalue weighted by atomic mass is 9.87. The van der Waals surface area contributed by atoms with Crippen molar-refractivity contribution < 1.29 is 0 Å². The third kappa shape index (κ3) is 3.00. The molecule has 116 valence electrons. The normalized spacial score (nSPS) is 14.0. The molecule has 0 amide bonds. The monoisotopic (exact) mass is 286 g/mol. The summed E-state index contributed by atoms with van der Waals surface area (Å²) in [7, 11) is 0. The van der Waals surface area contributed by atoms with E-state index in [-0.39, 0.29) is 16.4 Å². The first-order chi connectivity index (χ1) is 9.32. The van der Waals surface area contributed by atoms with Crippen molar-refractivity contribution in [2.75, 3.05) is 0 Å². The van der Waals surface area contributed by atoms with Gasteiger partial charge in [0.1, 0.15) is 5.82 Å². The van der Waals surface area contributed by atoms with E-state index in [1.165, 1.54) is 11.1 Å². The number of rotatable bonds is 0. The van der Waals surface area contributed by atoms with Gasteiger partial charge in [-0.1, -0.05) is 47.6 Å². The Morgan fingerprint density at radius 2 is 1.38 bits per heavy atom. The van der Waals surface area contributed by atoms with Crippen LogP contribution >= 0.6 is 0 Å². The van der Waals surface area contributed by atoms with Crippen LogP contribution in [0.1, 0.15) is 73.7 Å². The van der Waals surface area contributed by atoms with Crippen molar-refractivity contribution in [3.05, 3.63) is 29.6 Å². The molecule has 0 spiro atoms.